The summed E-state index contributed by atoms with van der Waals surface area (Å²) in [6.07, 6.45) is 1.65. The fourth-order valence-electron chi connectivity index (χ4n) is 2.16. The van der Waals surface area contributed by atoms with Crippen LogP contribution in [-0.4, -0.2) is 22.9 Å². The molecule has 0 spiro atoms. The second kappa shape index (κ2) is 6.73. The van der Waals surface area contributed by atoms with Crippen LogP contribution in [0.1, 0.15) is 16.5 Å². The van der Waals surface area contributed by atoms with E-state index in [1.807, 2.05) is 36.4 Å². The van der Waals surface area contributed by atoms with Crippen LogP contribution in [0.3, 0.4) is 0 Å². The summed E-state index contributed by atoms with van der Waals surface area (Å²) in [5, 5.41) is 6.97. The maximum absolute atomic E-state index is 12.1. The summed E-state index contributed by atoms with van der Waals surface area (Å²) in [5.41, 5.74) is 1.81. The quantitative estimate of drug-likeness (QED) is 0.757. The van der Waals surface area contributed by atoms with E-state index < -0.39 is 0 Å². The molecule has 0 radical (unpaired) electrons. The zero-order chi connectivity index (χ0) is 15.5. The Balaban J connectivity index is 1.85. The minimum absolute atomic E-state index is 0.0201. The molecule has 1 atom stereocenters. The summed E-state index contributed by atoms with van der Waals surface area (Å²) in [6.45, 7) is 0. The molecular formula is C16H12Cl2N2OS. The summed E-state index contributed by atoms with van der Waals surface area (Å²) < 4.78 is 0. The Morgan fingerprint density at radius 2 is 1.86 bits per heavy atom. The van der Waals surface area contributed by atoms with E-state index in [-0.39, 0.29) is 11.3 Å². The number of hydrogen-bond acceptors (Lipinski definition) is 3. The molecule has 1 fully saturated rings. The number of rotatable bonds is 3. The van der Waals surface area contributed by atoms with Crippen molar-refractivity contribution in [3.8, 4) is 0 Å². The van der Waals surface area contributed by atoms with Crippen LogP contribution in [0.25, 0.3) is 0 Å². The Labute approximate surface area is 142 Å². The molecule has 3 nitrogen and oxygen atoms in total. The number of hydrogen-bond donors (Lipinski definition) is 0. The van der Waals surface area contributed by atoms with Crippen LogP contribution in [0.4, 0.5) is 0 Å². The van der Waals surface area contributed by atoms with E-state index in [2.05, 4.69) is 5.10 Å². The molecule has 0 N–H and O–H groups in total. The Kier molecular flexibility index (Phi) is 4.71. The second-order valence-corrected chi connectivity index (χ2v) is 6.70. The molecule has 0 bridgehead atoms. The van der Waals surface area contributed by atoms with Gasteiger partial charge in [0.1, 0.15) is 5.37 Å². The topological polar surface area (TPSA) is 32.7 Å². The van der Waals surface area contributed by atoms with Gasteiger partial charge in [0.15, 0.2) is 0 Å². The molecule has 3 rings (SSSR count). The molecule has 6 heteroatoms. The molecule has 0 saturated carbocycles. The molecule has 1 aliphatic rings. The number of halogens is 2. The Morgan fingerprint density at radius 1 is 1.14 bits per heavy atom. The van der Waals surface area contributed by atoms with Crippen molar-refractivity contribution < 1.29 is 4.79 Å². The molecule has 1 amide bonds. The van der Waals surface area contributed by atoms with Gasteiger partial charge in [-0.15, -0.1) is 11.8 Å². The predicted molar refractivity (Wildman–Crippen MR) is 92.5 cm³/mol. The van der Waals surface area contributed by atoms with Gasteiger partial charge >= 0.3 is 0 Å². The number of carbonyl (C=O) groups excluding carboxylic acids is 1. The highest BCUT2D eigenvalue weighted by Gasteiger charge is 2.32. The van der Waals surface area contributed by atoms with E-state index in [0.717, 1.165) is 11.1 Å². The molecule has 0 aromatic heterocycles. The van der Waals surface area contributed by atoms with E-state index in [0.29, 0.717) is 15.8 Å². The summed E-state index contributed by atoms with van der Waals surface area (Å²) in [4.78, 5) is 12.1. The zero-order valence-corrected chi connectivity index (χ0v) is 13.8. The van der Waals surface area contributed by atoms with Gasteiger partial charge in [0, 0.05) is 10.0 Å². The molecular weight excluding hydrogens is 339 g/mol. The van der Waals surface area contributed by atoms with E-state index in [1.165, 1.54) is 16.8 Å². The van der Waals surface area contributed by atoms with Crippen molar-refractivity contribution in [1.29, 1.82) is 0 Å². The third kappa shape index (κ3) is 3.46. The Hall–Kier alpha value is -1.49. The number of amides is 1. The number of hydrazone groups is 1. The van der Waals surface area contributed by atoms with Crippen molar-refractivity contribution in [3.05, 3.63) is 69.7 Å². The van der Waals surface area contributed by atoms with Crippen LogP contribution in [0, 0.1) is 0 Å². The molecule has 112 valence electrons. The largest absolute Gasteiger partial charge is 0.272 e. The van der Waals surface area contributed by atoms with E-state index >= 15 is 0 Å². The highest BCUT2D eigenvalue weighted by atomic mass is 35.5. The van der Waals surface area contributed by atoms with Gasteiger partial charge in [0.2, 0.25) is 0 Å². The molecule has 1 aliphatic heterocycles. The van der Waals surface area contributed by atoms with Crippen molar-refractivity contribution in [1.82, 2.24) is 5.01 Å². The van der Waals surface area contributed by atoms with E-state index in [9.17, 15) is 4.79 Å². The van der Waals surface area contributed by atoms with Crippen LogP contribution in [0.15, 0.2) is 53.6 Å². The first-order valence-electron chi connectivity index (χ1n) is 6.62. The van der Waals surface area contributed by atoms with E-state index in [1.54, 1.807) is 18.3 Å². The van der Waals surface area contributed by atoms with Gasteiger partial charge in [0.25, 0.3) is 5.91 Å². The van der Waals surface area contributed by atoms with Gasteiger partial charge in [-0.1, -0.05) is 47.5 Å². The normalized spacial score (nSPS) is 18.4. The zero-order valence-electron chi connectivity index (χ0n) is 11.4. The van der Waals surface area contributed by atoms with Crippen LogP contribution < -0.4 is 0 Å². The lowest BCUT2D eigenvalue weighted by molar-refractivity contribution is -0.128. The van der Waals surface area contributed by atoms with Crippen LogP contribution in [-0.2, 0) is 4.79 Å². The smallest absolute Gasteiger partial charge is 0.254 e. The maximum atomic E-state index is 12.1. The fraction of sp³-hybridized carbons (Fsp3) is 0.125. The van der Waals surface area contributed by atoms with Crippen LogP contribution in [0.2, 0.25) is 10.0 Å². The standard InChI is InChI=1S/C16H12Cl2N2OS/c17-13-5-1-3-11(7-13)9-19-20-15(21)10-22-16(20)12-4-2-6-14(18)8-12/h1-9,16H,10H2/b19-9+. The first kappa shape index (κ1) is 15.4. The summed E-state index contributed by atoms with van der Waals surface area (Å²) in [6, 6.07) is 14.8. The van der Waals surface area contributed by atoms with Gasteiger partial charge in [-0.25, -0.2) is 5.01 Å². The Morgan fingerprint density at radius 3 is 2.59 bits per heavy atom. The number of carbonyl (C=O) groups is 1. The number of nitrogens with zero attached hydrogens (tertiary/aromatic N) is 2. The van der Waals surface area contributed by atoms with Gasteiger partial charge in [-0.2, -0.15) is 5.10 Å². The van der Waals surface area contributed by atoms with Crippen molar-refractivity contribution in [2.24, 2.45) is 5.10 Å². The highest BCUT2D eigenvalue weighted by Crippen LogP contribution is 2.39. The minimum Gasteiger partial charge on any atom is -0.272 e. The van der Waals surface area contributed by atoms with Gasteiger partial charge < -0.3 is 0 Å². The number of benzene rings is 2. The average Bonchev–Trinajstić information content (AvgIpc) is 2.86. The monoisotopic (exact) mass is 350 g/mol. The SMILES string of the molecule is O=C1CSC(c2cccc(Cl)c2)N1/N=C/c1cccc(Cl)c1. The average molecular weight is 351 g/mol. The molecule has 1 saturated heterocycles. The summed E-state index contributed by atoms with van der Waals surface area (Å²) >= 11 is 13.5. The highest BCUT2D eigenvalue weighted by molar-refractivity contribution is 8.00. The molecule has 2 aromatic rings. The third-order valence-electron chi connectivity index (χ3n) is 3.16. The number of thioether (sulfide) groups is 1. The molecule has 2 aromatic carbocycles. The minimum atomic E-state index is -0.151. The van der Waals surface area contributed by atoms with Crippen molar-refractivity contribution in [2.45, 2.75) is 5.37 Å². The summed E-state index contributed by atoms with van der Waals surface area (Å²) in [7, 11) is 0. The van der Waals surface area contributed by atoms with Crippen molar-refractivity contribution >= 4 is 47.1 Å². The first-order valence-corrected chi connectivity index (χ1v) is 8.42. The second-order valence-electron chi connectivity index (χ2n) is 4.76. The fourth-order valence-corrected chi connectivity index (χ4v) is 3.64. The molecule has 1 unspecified atom stereocenters. The Bertz CT molecular complexity index is 736. The van der Waals surface area contributed by atoms with Crippen molar-refractivity contribution in [3.63, 3.8) is 0 Å². The summed E-state index contributed by atoms with van der Waals surface area (Å²) in [5.74, 6) is 0.387. The van der Waals surface area contributed by atoms with Crippen LogP contribution >= 0.6 is 35.0 Å². The molecule has 0 aliphatic carbocycles. The lowest BCUT2D eigenvalue weighted by atomic mass is 10.2. The first-order chi connectivity index (χ1) is 10.6. The predicted octanol–water partition coefficient (Wildman–Crippen LogP) is 4.60. The molecule has 22 heavy (non-hydrogen) atoms. The molecule has 1 heterocycles. The van der Waals surface area contributed by atoms with Crippen molar-refractivity contribution in [2.75, 3.05) is 5.75 Å². The third-order valence-corrected chi connectivity index (χ3v) is 4.83. The lowest BCUT2D eigenvalue weighted by Crippen LogP contribution is -2.22. The van der Waals surface area contributed by atoms with Crippen LogP contribution in [0.5, 0.6) is 0 Å². The lowest BCUT2D eigenvalue weighted by Gasteiger charge is -2.19. The van der Waals surface area contributed by atoms with Gasteiger partial charge in [-0.05, 0) is 35.4 Å². The van der Waals surface area contributed by atoms with E-state index in [4.69, 9.17) is 23.2 Å². The van der Waals surface area contributed by atoms with Gasteiger partial charge in [-0.3, -0.25) is 4.79 Å². The van der Waals surface area contributed by atoms with Gasteiger partial charge in [0.05, 0.1) is 12.0 Å². The maximum Gasteiger partial charge on any atom is 0.254 e.